The minimum Gasteiger partial charge on any atom is -0.662 e. The minimum atomic E-state index is 0. The number of rotatable bonds is 4. The van der Waals surface area contributed by atoms with Crippen molar-refractivity contribution in [2.75, 3.05) is 25.4 Å². The molecule has 1 fully saturated rings. The van der Waals surface area contributed by atoms with Gasteiger partial charge in [0.15, 0.2) is 11.5 Å². The molecule has 3 heterocycles. The molecule has 0 bridgehead atoms. The monoisotopic (exact) mass is 606 g/mol. The summed E-state index contributed by atoms with van der Waals surface area (Å²) in [6, 6.07) is 12.8. The Kier molecular flexibility index (Phi) is 13.5. The van der Waals surface area contributed by atoms with E-state index < -0.39 is 0 Å². The molecule has 0 atom stereocenters. The molecule has 5 N–H and O–H groups in total. The number of phenols is 1. The van der Waals surface area contributed by atoms with Gasteiger partial charge in [-0.2, -0.15) is 0 Å². The van der Waals surface area contributed by atoms with Crippen LogP contribution in [0.3, 0.4) is 0 Å². The number of nitrogens with zero attached hydrogens (tertiary/aromatic N) is 4. The number of nitrogens with two attached hydrogens (primary N) is 2. The van der Waals surface area contributed by atoms with Crippen molar-refractivity contribution in [2.45, 2.75) is 31.6 Å². The van der Waals surface area contributed by atoms with Crippen LogP contribution in [0.15, 0.2) is 72.2 Å². The van der Waals surface area contributed by atoms with Gasteiger partial charge >= 0.3 is 0 Å². The summed E-state index contributed by atoms with van der Waals surface area (Å²) < 4.78 is 5.11. The zero-order valence-corrected chi connectivity index (χ0v) is 25.4. The Bertz CT molecular complexity index is 1340. The van der Waals surface area contributed by atoms with Gasteiger partial charge in [-0.3, -0.25) is 9.97 Å². The summed E-state index contributed by atoms with van der Waals surface area (Å²) in [5, 5.41) is 13.3. The number of fused-ring (bicyclic) bond motifs is 1. The molecule has 5 rings (SSSR count). The van der Waals surface area contributed by atoms with Crippen molar-refractivity contribution in [1.82, 2.24) is 15.0 Å². The van der Waals surface area contributed by atoms with Gasteiger partial charge in [-0.1, -0.05) is 18.9 Å². The number of benzene rings is 2. The van der Waals surface area contributed by atoms with Gasteiger partial charge in [-0.15, -0.1) is 25.7 Å². The van der Waals surface area contributed by atoms with Crippen LogP contribution < -0.4 is 16.2 Å². The van der Waals surface area contributed by atoms with Gasteiger partial charge in [0.1, 0.15) is 0 Å². The van der Waals surface area contributed by atoms with Crippen LogP contribution in [0.4, 0.5) is 5.69 Å². The van der Waals surface area contributed by atoms with Gasteiger partial charge in [-0.05, 0) is 67.6 Å². The van der Waals surface area contributed by atoms with E-state index in [1.807, 2.05) is 38.1 Å². The fourth-order valence-corrected chi connectivity index (χ4v) is 3.62. The molecule has 1 saturated heterocycles. The molecule has 1 aliphatic rings. The third kappa shape index (κ3) is 9.55. The van der Waals surface area contributed by atoms with Gasteiger partial charge < -0.3 is 26.6 Å². The Hall–Kier alpha value is -2.72. The molecule has 8 nitrogen and oxygen atoms in total. The zero-order valence-electron chi connectivity index (χ0n) is 21.7. The summed E-state index contributed by atoms with van der Waals surface area (Å²) in [6.45, 7) is 6.58. The summed E-state index contributed by atoms with van der Waals surface area (Å²) in [7, 11) is 0. The van der Waals surface area contributed by atoms with E-state index in [0.717, 1.165) is 51.4 Å². The standard InChI is InChI=1S/C16H15N5.C8H10O2S.C4H8N.Y/c1-10(6-17)16-9-20-14-3-2-11(5-15(14)21-16)12-4-13(18)8-19-7-12;1-2-10-8-4-3-6(11)5-7(8)9;1-2-4-5-3-1;/h2-9H,17-18H2,1H3;3-5,9,11H,2H2,1H3;1-4H2;/q;;-1;/b10-6+;;;. The molecule has 1 radical (unpaired) electrons. The van der Waals surface area contributed by atoms with E-state index in [-0.39, 0.29) is 38.5 Å². The number of aromatic nitrogens is 3. The van der Waals surface area contributed by atoms with Crippen LogP contribution in [0.5, 0.6) is 11.5 Å². The molecule has 2 aromatic heterocycles. The second-order valence-electron chi connectivity index (χ2n) is 8.28. The molecular weight excluding hydrogens is 573 g/mol. The van der Waals surface area contributed by atoms with E-state index in [9.17, 15) is 5.11 Å². The fourth-order valence-electron chi connectivity index (χ4n) is 3.42. The first-order valence-corrected chi connectivity index (χ1v) is 12.5. The largest absolute Gasteiger partial charge is 0.662 e. The molecule has 0 saturated carbocycles. The quantitative estimate of drug-likeness (QED) is 0.215. The normalized spacial score (nSPS) is 12.4. The maximum absolute atomic E-state index is 9.25. The third-order valence-corrected chi connectivity index (χ3v) is 5.69. The van der Waals surface area contributed by atoms with E-state index in [0.29, 0.717) is 18.0 Å². The van der Waals surface area contributed by atoms with Crippen molar-refractivity contribution in [3.8, 4) is 22.6 Å². The van der Waals surface area contributed by atoms with Crippen molar-refractivity contribution in [3.63, 3.8) is 0 Å². The predicted molar refractivity (Wildman–Crippen MR) is 154 cm³/mol. The number of nitrogen functional groups attached to an aromatic ring is 1. The molecule has 10 heteroatoms. The van der Waals surface area contributed by atoms with Gasteiger partial charge in [-0.25, -0.2) is 4.98 Å². The Morgan fingerprint density at radius 1 is 1.05 bits per heavy atom. The van der Waals surface area contributed by atoms with Crippen molar-refractivity contribution >= 4 is 34.9 Å². The first kappa shape index (κ1) is 31.5. The summed E-state index contributed by atoms with van der Waals surface area (Å²) in [6.07, 6.45) is 9.32. The average molecular weight is 607 g/mol. The zero-order chi connectivity index (χ0) is 26.6. The molecular formula is C28H33N6O2SY-. The van der Waals surface area contributed by atoms with E-state index >= 15 is 0 Å². The molecule has 38 heavy (non-hydrogen) atoms. The van der Waals surface area contributed by atoms with Crippen molar-refractivity contribution in [2.24, 2.45) is 5.73 Å². The molecule has 0 spiro atoms. The number of allylic oxidation sites excluding steroid dienone is 1. The van der Waals surface area contributed by atoms with E-state index in [1.54, 1.807) is 36.8 Å². The summed E-state index contributed by atoms with van der Waals surface area (Å²) >= 11 is 4.05. The van der Waals surface area contributed by atoms with E-state index in [4.69, 9.17) is 16.2 Å². The number of anilines is 1. The maximum Gasteiger partial charge on any atom is 0.160 e. The van der Waals surface area contributed by atoms with Crippen molar-refractivity contribution in [1.29, 1.82) is 0 Å². The van der Waals surface area contributed by atoms with Crippen molar-refractivity contribution < 1.29 is 42.6 Å². The predicted octanol–water partition coefficient (Wildman–Crippen LogP) is 5.82. The molecule has 0 amide bonds. The first-order chi connectivity index (χ1) is 17.9. The summed E-state index contributed by atoms with van der Waals surface area (Å²) in [4.78, 5) is 13.8. The smallest absolute Gasteiger partial charge is 0.160 e. The van der Waals surface area contributed by atoms with Crippen LogP contribution in [-0.2, 0) is 32.7 Å². The number of ether oxygens (including phenoxy) is 1. The molecule has 197 valence electrons. The first-order valence-electron chi connectivity index (χ1n) is 12.1. The fraction of sp³-hybridized carbons (Fsp3) is 0.250. The van der Waals surface area contributed by atoms with Crippen LogP contribution in [0.25, 0.3) is 33.1 Å². The SMILES string of the molecule is C/C(=C\N)c1cnc2ccc(-c3cncc(N)c3)cc2n1.C1CC[N-]C1.CCOc1ccc(S)cc1O.[Y]. The molecule has 4 aromatic rings. The minimum absolute atomic E-state index is 0. The summed E-state index contributed by atoms with van der Waals surface area (Å²) in [5.41, 5.74) is 17.2. The Balaban J connectivity index is 0.000000249. The van der Waals surface area contributed by atoms with Gasteiger partial charge in [0.05, 0.1) is 35.2 Å². The topological polar surface area (TPSA) is 134 Å². The molecule has 1 aliphatic heterocycles. The van der Waals surface area contributed by atoms with Gasteiger partial charge in [0.2, 0.25) is 0 Å². The van der Waals surface area contributed by atoms with Crippen LogP contribution in [-0.4, -0.2) is 39.8 Å². The molecule has 0 aliphatic carbocycles. The third-order valence-electron chi connectivity index (χ3n) is 5.41. The van der Waals surface area contributed by atoms with Gasteiger partial charge in [0.25, 0.3) is 0 Å². The van der Waals surface area contributed by atoms with Crippen molar-refractivity contribution in [3.05, 3.63) is 78.3 Å². The van der Waals surface area contributed by atoms with Gasteiger partial charge in [0, 0.05) is 55.6 Å². The number of hydrogen-bond acceptors (Lipinski definition) is 8. The van der Waals surface area contributed by atoms with Crippen LogP contribution in [0.1, 0.15) is 32.4 Å². The Labute approximate surface area is 254 Å². The number of pyridine rings is 1. The Morgan fingerprint density at radius 2 is 1.82 bits per heavy atom. The number of thiol groups is 1. The number of aromatic hydroxyl groups is 1. The van der Waals surface area contributed by atoms with Crippen LogP contribution in [0.2, 0.25) is 0 Å². The van der Waals surface area contributed by atoms with E-state index in [1.165, 1.54) is 19.0 Å². The van der Waals surface area contributed by atoms with E-state index in [2.05, 4.69) is 32.9 Å². The Morgan fingerprint density at radius 3 is 2.42 bits per heavy atom. The number of phenolic OH excluding ortho intramolecular Hbond substituents is 1. The second-order valence-corrected chi connectivity index (χ2v) is 8.79. The van der Waals surface area contributed by atoms with Crippen LogP contribution >= 0.6 is 12.6 Å². The maximum atomic E-state index is 9.25. The van der Waals surface area contributed by atoms with Crippen LogP contribution in [0, 0.1) is 0 Å². The second kappa shape index (κ2) is 16.3. The summed E-state index contributed by atoms with van der Waals surface area (Å²) in [5.74, 6) is 0.643. The molecule has 2 aromatic carbocycles. The molecule has 0 unspecified atom stereocenters. The average Bonchev–Trinajstić information content (AvgIpc) is 3.50. The number of hydrogen-bond donors (Lipinski definition) is 4.